The normalized spacial score (nSPS) is 32.5. The SMILES string of the molecule is C=C(CC1=CCC2C(C[C@]3(C)CC(C(=C)Cc4cc(CC)cc(CC)c4)C[C@@]2(C)C3)C1=C)C1=CC=CC1. The minimum absolute atomic E-state index is 0.364. The van der Waals surface area contributed by atoms with E-state index in [1.165, 1.54) is 76.7 Å². The fraction of sp³-hybridized carbons (Fsp3) is 0.514. The topological polar surface area (TPSA) is 0 Å². The predicted molar refractivity (Wildman–Crippen MR) is 161 cm³/mol. The van der Waals surface area contributed by atoms with Crippen LogP contribution in [0.1, 0.15) is 89.3 Å². The molecule has 2 saturated carbocycles. The Kier molecular flexibility index (Phi) is 7.16. The first kappa shape index (κ1) is 26.3. The van der Waals surface area contributed by atoms with Crippen LogP contribution in [0, 0.1) is 28.6 Å². The van der Waals surface area contributed by atoms with E-state index >= 15 is 0 Å². The highest BCUT2D eigenvalue weighted by Gasteiger charge is 2.55. The molecule has 5 atom stereocenters. The molecule has 0 radical (unpaired) electrons. The van der Waals surface area contributed by atoms with Gasteiger partial charge >= 0.3 is 0 Å². The van der Waals surface area contributed by atoms with Crippen LogP contribution in [0.3, 0.4) is 0 Å². The number of allylic oxidation sites excluding steroid dienone is 9. The van der Waals surface area contributed by atoms with Crippen LogP contribution in [0.15, 0.2) is 90.1 Å². The van der Waals surface area contributed by atoms with Gasteiger partial charge in [-0.3, -0.25) is 0 Å². The molecule has 0 N–H and O–H groups in total. The minimum Gasteiger partial charge on any atom is -0.0992 e. The van der Waals surface area contributed by atoms with Gasteiger partial charge in [0.15, 0.2) is 0 Å². The van der Waals surface area contributed by atoms with E-state index < -0.39 is 0 Å². The van der Waals surface area contributed by atoms with E-state index in [0.29, 0.717) is 28.6 Å². The molecular weight excluding hydrogens is 444 g/mol. The van der Waals surface area contributed by atoms with Crippen LogP contribution in [-0.2, 0) is 19.3 Å². The van der Waals surface area contributed by atoms with Crippen molar-refractivity contribution in [3.05, 3.63) is 107 Å². The monoisotopic (exact) mass is 492 g/mol. The third kappa shape index (κ3) is 5.19. The van der Waals surface area contributed by atoms with Crippen molar-refractivity contribution in [2.75, 3.05) is 0 Å². The Hall–Kier alpha value is -2.34. The van der Waals surface area contributed by atoms with Crippen molar-refractivity contribution in [2.24, 2.45) is 28.6 Å². The summed E-state index contributed by atoms with van der Waals surface area (Å²) in [5.41, 5.74) is 12.2. The zero-order valence-electron chi connectivity index (χ0n) is 24.0. The van der Waals surface area contributed by atoms with Gasteiger partial charge in [-0.1, -0.05) is 95.5 Å². The molecule has 0 aromatic heterocycles. The molecule has 37 heavy (non-hydrogen) atoms. The predicted octanol–water partition coefficient (Wildman–Crippen LogP) is 10.1. The van der Waals surface area contributed by atoms with Crippen molar-refractivity contribution in [3.63, 3.8) is 0 Å². The maximum absolute atomic E-state index is 4.73. The molecule has 0 heteroatoms. The van der Waals surface area contributed by atoms with Gasteiger partial charge in [-0.2, -0.15) is 0 Å². The average Bonchev–Trinajstić information content (AvgIpc) is 3.40. The molecule has 1 aromatic carbocycles. The lowest BCUT2D eigenvalue weighted by Gasteiger charge is -2.61. The van der Waals surface area contributed by atoms with Gasteiger partial charge in [0.2, 0.25) is 0 Å². The van der Waals surface area contributed by atoms with Crippen LogP contribution in [0.2, 0.25) is 0 Å². The molecule has 1 aromatic rings. The van der Waals surface area contributed by atoms with Crippen LogP contribution < -0.4 is 0 Å². The standard InChI is InChI=1S/C37H48/c1-8-28-18-29(9-2)20-30(19-28)16-25(3)33-21-36(6)23-34-27(5)32(17-26(4)31-12-10-11-13-31)14-15-35(34)37(7,22-33)24-36/h10-12,14,18-20,33-35H,3-5,8-9,13,15-17,21-24H2,1-2,6-7H3/t33?,34?,35?,36-,37-/m0/s1. The highest BCUT2D eigenvalue weighted by Crippen LogP contribution is 2.65. The van der Waals surface area contributed by atoms with Crippen molar-refractivity contribution in [3.8, 4) is 0 Å². The minimum atomic E-state index is 0.364. The zero-order valence-corrected chi connectivity index (χ0v) is 24.0. The summed E-state index contributed by atoms with van der Waals surface area (Å²) in [7, 11) is 0. The van der Waals surface area contributed by atoms with Crippen LogP contribution in [0.5, 0.6) is 0 Å². The number of hydrogen-bond donors (Lipinski definition) is 0. The summed E-state index contributed by atoms with van der Waals surface area (Å²) in [4.78, 5) is 0. The van der Waals surface area contributed by atoms with Crippen LogP contribution >= 0.6 is 0 Å². The second-order valence-electron chi connectivity index (χ2n) is 13.5. The highest BCUT2D eigenvalue weighted by molar-refractivity contribution is 5.46. The number of rotatable bonds is 8. The molecule has 196 valence electrons. The first-order chi connectivity index (χ1) is 17.6. The van der Waals surface area contributed by atoms with Gasteiger partial charge in [-0.25, -0.2) is 0 Å². The summed E-state index contributed by atoms with van der Waals surface area (Å²) in [6.07, 6.45) is 20.9. The molecule has 0 saturated heterocycles. The Morgan fingerprint density at radius 2 is 1.65 bits per heavy atom. The van der Waals surface area contributed by atoms with Gasteiger partial charge in [0, 0.05) is 0 Å². The van der Waals surface area contributed by atoms with Gasteiger partial charge in [-0.05, 0) is 132 Å². The number of aryl methyl sites for hydroxylation is 2. The van der Waals surface area contributed by atoms with Crippen molar-refractivity contribution < 1.29 is 0 Å². The molecule has 5 rings (SSSR count). The summed E-state index contributed by atoms with van der Waals surface area (Å²) in [5, 5.41) is 0. The van der Waals surface area contributed by atoms with E-state index in [9.17, 15) is 0 Å². The largest absolute Gasteiger partial charge is 0.0992 e. The van der Waals surface area contributed by atoms with Gasteiger partial charge < -0.3 is 0 Å². The van der Waals surface area contributed by atoms with Crippen molar-refractivity contribution in [1.82, 2.24) is 0 Å². The van der Waals surface area contributed by atoms with Crippen LogP contribution in [-0.4, -0.2) is 0 Å². The molecular formula is C37H48. The summed E-state index contributed by atoms with van der Waals surface area (Å²) in [6, 6.07) is 7.24. The highest BCUT2D eigenvalue weighted by atomic mass is 14.6. The zero-order chi connectivity index (χ0) is 26.4. The average molecular weight is 493 g/mol. The van der Waals surface area contributed by atoms with Gasteiger partial charge in [0.05, 0.1) is 0 Å². The first-order valence-corrected chi connectivity index (χ1v) is 14.8. The molecule has 0 amide bonds. The molecule has 0 heterocycles. The lowest BCUT2D eigenvalue weighted by molar-refractivity contribution is -0.0706. The van der Waals surface area contributed by atoms with E-state index in [1.54, 1.807) is 0 Å². The van der Waals surface area contributed by atoms with E-state index in [4.69, 9.17) is 13.2 Å². The van der Waals surface area contributed by atoms with Gasteiger partial charge in [0.25, 0.3) is 0 Å². The van der Waals surface area contributed by atoms with E-state index in [0.717, 1.165) is 32.1 Å². The summed E-state index contributed by atoms with van der Waals surface area (Å²) >= 11 is 0. The molecule has 4 aliphatic carbocycles. The van der Waals surface area contributed by atoms with Crippen molar-refractivity contribution in [1.29, 1.82) is 0 Å². The third-order valence-electron chi connectivity index (χ3n) is 10.4. The van der Waals surface area contributed by atoms with Gasteiger partial charge in [0.1, 0.15) is 0 Å². The summed E-state index contributed by atoms with van der Waals surface area (Å²) in [5.74, 6) is 1.96. The molecule has 2 bridgehead atoms. The summed E-state index contributed by atoms with van der Waals surface area (Å²) < 4.78 is 0. The molecule has 0 spiro atoms. The maximum Gasteiger partial charge on any atom is -0.00293 e. The molecule has 0 nitrogen and oxygen atoms in total. The van der Waals surface area contributed by atoms with E-state index in [1.807, 2.05) is 0 Å². The number of fused-ring (bicyclic) bond motifs is 4. The van der Waals surface area contributed by atoms with Crippen molar-refractivity contribution >= 4 is 0 Å². The number of benzene rings is 1. The molecule has 3 unspecified atom stereocenters. The smallest absolute Gasteiger partial charge is 0.00293 e. The van der Waals surface area contributed by atoms with E-state index in [-0.39, 0.29) is 0 Å². The fourth-order valence-electron chi connectivity index (χ4n) is 8.68. The number of hydrogen-bond acceptors (Lipinski definition) is 0. The lowest BCUT2D eigenvalue weighted by Crippen LogP contribution is -2.51. The molecule has 2 fully saturated rings. The molecule has 0 aliphatic heterocycles. The Bertz CT molecular complexity index is 1180. The molecule has 4 aliphatic rings. The van der Waals surface area contributed by atoms with E-state index in [2.05, 4.69) is 76.8 Å². The second-order valence-corrected chi connectivity index (χ2v) is 13.5. The Morgan fingerprint density at radius 3 is 2.30 bits per heavy atom. The second kappa shape index (κ2) is 10.1. The fourth-order valence-corrected chi connectivity index (χ4v) is 8.68. The quantitative estimate of drug-likeness (QED) is 0.317. The first-order valence-electron chi connectivity index (χ1n) is 14.8. The van der Waals surface area contributed by atoms with Crippen molar-refractivity contribution in [2.45, 2.75) is 91.9 Å². The maximum atomic E-state index is 4.73. The Morgan fingerprint density at radius 1 is 0.946 bits per heavy atom. The van der Waals surface area contributed by atoms with Gasteiger partial charge in [-0.15, -0.1) is 0 Å². The third-order valence-corrected chi connectivity index (χ3v) is 10.4. The Labute approximate surface area is 227 Å². The van der Waals surface area contributed by atoms with Crippen LogP contribution in [0.25, 0.3) is 0 Å². The lowest BCUT2D eigenvalue weighted by atomic mass is 9.44. The Balaban J connectivity index is 1.32. The summed E-state index contributed by atoms with van der Waals surface area (Å²) in [6.45, 7) is 23.6. The van der Waals surface area contributed by atoms with Crippen LogP contribution in [0.4, 0.5) is 0 Å².